The minimum Gasteiger partial charge on any atom is -0.462 e. The first-order valence-electron chi connectivity index (χ1n) is 7.54. The number of benzene rings is 1. The van der Waals surface area contributed by atoms with Crippen LogP contribution in [-0.4, -0.2) is 18.4 Å². The zero-order chi connectivity index (χ0) is 16.0. The average molecular weight is 290 g/mol. The molecule has 0 radical (unpaired) electrons. The summed E-state index contributed by atoms with van der Waals surface area (Å²) in [6, 6.07) is 6.89. The van der Waals surface area contributed by atoms with E-state index in [0.29, 0.717) is 24.2 Å². The van der Waals surface area contributed by atoms with Crippen molar-refractivity contribution in [3.05, 3.63) is 35.4 Å². The first-order chi connectivity index (χ1) is 9.74. The highest BCUT2D eigenvalue weighted by molar-refractivity contribution is 6.06. The molecule has 0 saturated carbocycles. The van der Waals surface area contributed by atoms with Gasteiger partial charge in [0.2, 0.25) is 0 Å². The molecule has 0 spiro atoms. The van der Waals surface area contributed by atoms with Crippen LogP contribution in [0.1, 0.15) is 68.2 Å². The molecule has 0 aliphatic carbocycles. The largest absolute Gasteiger partial charge is 0.462 e. The number of carbonyl (C=O) groups excluding carboxylic acids is 2. The molecule has 0 N–H and O–H groups in total. The smallest absolute Gasteiger partial charge is 0.338 e. The van der Waals surface area contributed by atoms with Gasteiger partial charge in [0.15, 0.2) is 5.78 Å². The summed E-state index contributed by atoms with van der Waals surface area (Å²) in [6.07, 6.45) is 1.42. The number of esters is 1. The normalized spacial score (nSPS) is 12.8. The maximum absolute atomic E-state index is 12.5. The van der Waals surface area contributed by atoms with Crippen molar-refractivity contribution in [1.82, 2.24) is 0 Å². The number of ether oxygens (including phenoxy) is 1. The van der Waals surface area contributed by atoms with Crippen LogP contribution in [0.2, 0.25) is 0 Å². The van der Waals surface area contributed by atoms with E-state index in [4.69, 9.17) is 4.74 Å². The van der Waals surface area contributed by atoms with E-state index in [1.54, 1.807) is 31.2 Å². The molecule has 0 saturated heterocycles. The summed E-state index contributed by atoms with van der Waals surface area (Å²) in [7, 11) is 0. The Hall–Kier alpha value is -1.64. The topological polar surface area (TPSA) is 43.4 Å². The number of hydrogen-bond donors (Lipinski definition) is 0. The molecule has 0 aliphatic heterocycles. The molecule has 0 aromatic heterocycles. The van der Waals surface area contributed by atoms with Gasteiger partial charge in [-0.2, -0.15) is 0 Å². The summed E-state index contributed by atoms with van der Waals surface area (Å²) < 4.78 is 5.01. The second-order valence-electron chi connectivity index (χ2n) is 6.76. The summed E-state index contributed by atoms with van der Waals surface area (Å²) in [5.74, 6) is -0.131. The van der Waals surface area contributed by atoms with Gasteiger partial charge in [0.25, 0.3) is 0 Å². The molecular formula is C18H26O3. The molecule has 1 atom stereocenters. The minimum absolute atomic E-state index is 0.00963. The molecule has 1 rings (SSSR count). The highest BCUT2D eigenvalue weighted by Gasteiger charge is 2.21. The first kappa shape index (κ1) is 17.4. The summed E-state index contributed by atoms with van der Waals surface area (Å²) in [6.45, 7) is 10.6. The van der Waals surface area contributed by atoms with Gasteiger partial charge >= 0.3 is 5.97 Å². The molecular weight excluding hydrogens is 264 g/mol. The number of ketones is 1. The van der Waals surface area contributed by atoms with Crippen LogP contribution in [0.5, 0.6) is 0 Å². The number of rotatable bonds is 6. The van der Waals surface area contributed by atoms with Crippen LogP contribution in [0, 0.1) is 11.3 Å². The SMILES string of the molecule is CCOC(=O)c1ccccc1C(=O)CC(C)CC(C)(C)C. The van der Waals surface area contributed by atoms with Gasteiger partial charge in [0.1, 0.15) is 0 Å². The Labute approximate surface area is 127 Å². The summed E-state index contributed by atoms with van der Waals surface area (Å²) in [4.78, 5) is 24.4. The van der Waals surface area contributed by atoms with Gasteiger partial charge < -0.3 is 4.74 Å². The van der Waals surface area contributed by atoms with E-state index >= 15 is 0 Å². The molecule has 0 aliphatic rings. The Morgan fingerprint density at radius 1 is 1.14 bits per heavy atom. The number of Topliss-reactive ketones (excluding diaryl/α,β-unsaturated/α-hetero) is 1. The summed E-state index contributed by atoms with van der Waals surface area (Å²) >= 11 is 0. The standard InChI is InChI=1S/C18H26O3/c1-6-21-17(20)15-10-8-7-9-14(15)16(19)11-13(2)12-18(3,4)5/h7-10,13H,6,11-12H2,1-5H3. The van der Waals surface area contributed by atoms with Crippen LogP contribution in [0.25, 0.3) is 0 Å². The van der Waals surface area contributed by atoms with E-state index in [-0.39, 0.29) is 17.1 Å². The third-order valence-electron chi connectivity index (χ3n) is 3.22. The Morgan fingerprint density at radius 2 is 1.71 bits per heavy atom. The molecule has 0 heterocycles. The Morgan fingerprint density at radius 3 is 2.24 bits per heavy atom. The van der Waals surface area contributed by atoms with Crippen molar-refractivity contribution in [2.24, 2.45) is 11.3 Å². The second-order valence-corrected chi connectivity index (χ2v) is 6.76. The van der Waals surface area contributed by atoms with Crippen LogP contribution >= 0.6 is 0 Å². The monoisotopic (exact) mass is 290 g/mol. The van der Waals surface area contributed by atoms with Crippen molar-refractivity contribution in [1.29, 1.82) is 0 Å². The zero-order valence-corrected chi connectivity index (χ0v) is 13.7. The van der Waals surface area contributed by atoms with Gasteiger partial charge in [-0.25, -0.2) is 4.79 Å². The van der Waals surface area contributed by atoms with E-state index in [9.17, 15) is 9.59 Å². The first-order valence-corrected chi connectivity index (χ1v) is 7.54. The van der Waals surface area contributed by atoms with Gasteiger partial charge in [0, 0.05) is 12.0 Å². The lowest BCUT2D eigenvalue weighted by Crippen LogP contribution is -2.17. The third kappa shape index (κ3) is 5.70. The molecule has 116 valence electrons. The Kier molecular flexibility index (Phi) is 6.13. The molecule has 21 heavy (non-hydrogen) atoms. The summed E-state index contributed by atoms with van der Waals surface area (Å²) in [5.41, 5.74) is 1.03. The number of carbonyl (C=O) groups is 2. The molecule has 1 aromatic rings. The van der Waals surface area contributed by atoms with Gasteiger partial charge in [0.05, 0.1) is 12.2 Å². The molecule has 1 aromatic carbocycles. The van der Waals surface area contributed by atoms with E-state index < -0.39 is 5.97 Å². The average Bonchev–Trinajstić information content (AvgIpc) is 2.36. The Balaban J connectivity index is 2.85. The highest BCUT2D eigenvalue weighted by atomic mass is 16.5. The second kappa shape index (κ2) is 7.39. The van der Waals surface area contributed by atoms with Crippen LogP contribution in [0.15, 0.2) is 24.3 Å². The van der Waals surface area contributed by atoms with Crippen molar-refractivity contribution in [2.45, 2.75) is 47.5 Å². The Bertz CT molecular complexity index is 497. The lowest BCUT2D eigenvalue weighted by atomic mass is 9.82. The van der Waals surface area contributed by atoms with Crippen molar-refractivity contribution in [3.63, 3.8) is 0 Å². The van der Waals surface area contributed by atoms with E-state index in [0.717, 1.165) is 6.42 Å². The van der Waals surface area contributed by atoms with Gasteiger partial charge in [-0.15, -0.1) is 0 Å². The van der Waals surface area contributed by atoms with Crippen LogP contribution < -0.4 is 0 Å². The fraction of sp³-hybridized carbons (Fsp3) is 0.556. The molecule has 0 fully saturated rings. The predicted octanol–water partition coefficient (Wildman–Crippen LogP) is 4.51. The van der Waals surface area contributed by atoms with Gasteiger partial charge in [-0.3, -0.25) is 4.79 Å². The maximum atomic E-state index is 12.5. The van der Waals surface area contributed by atoms with Gasteiger partial charge in [-0.05, 0) is 30.7 Å². The lowest BCUT2D eigenvalue weighted by Gasteiger charge is -2.22. The van der Waals surface area contributed by atoms with E-state index in [1.165, 1.54) is 0 Å². The number of hydrogen-bond acceptors (Lipinski definition) is 3. The van der Waals surface area contributed by atoms with Crippen molar-refractivity contribution in [3.8, 4) is 0 Å². The lowest BCUT2D eigenvalue weighted by molar-refractivity contribution is 0.0522. The van der Waals surface area contributed by atoms with Crippen molar-refractivity contribution in [2.75, 3.05) is 6.61 Å². The zero-order valence-electron chi connectivity index (χ0n) is 13.7. The molecule has 0 bridgehead atoms. The summed E-state index contributed by atoms with van der Waals surface area (Å²) in [5, 5.41) is 0. The maximum Gasteiger partial charge on any atom is 0.338 e. The third-order valence-corrected chi connectivity index (χ3v) is 3.22. The predicted molar refractivity (Wildman–Crippen MR) is 84.6 cm³/mol. The van der Waals surface area contributed by atoms with E-state index in [1.807, 2.05) is 0 Å². The quantitative estimate of drug-likeness (QED) is 0.572. The van der Waals surface area contributed by atoms with Crippen molar-refractivity contribution < 1.29 is 14.3 Å². The van der Waals surface area contributed by atoms with Crippen LogP contribution in [-0.2, 0) is 4.74 Å². The fourth-order valence-corrected chi connectivity index (χ4v) is 2.66. The molecule has 3 heteroatoms. The highest BCUT2D eigenvalue weighted by Crippen LogP contribution is 2.27. The minimum atomic E-state index is -0.426. The van der Waals surface area contributed by atoms with Crippen LogP contribution in [0.4, 0.5) is 0 Å². The molecule has 0 amide bonds. The van der Waals surface area contributed by atoms with E-state index in [2.05, 4.69) is 27.7 Å². The molecule has 3 nitrogen and oxygen atoms in total. The van der Waals surface area contributed by atoms with Crippen molar-refractivity contribution >= 4 is 11.8 Å². The molecule has 1 unspecified atom stereocenters. The van der Waals surface area contributed by atoms with Crippen LogP contribution in [0.3, 0.4) is 0 Å². The van der Waals surface area contributed by atoms with Gasteiger partial charge in [-0.1, -0.05) is 45.9 Å². The fourth-order valence-electron chi connectivity index (χ4n) is 2.66.